The standard InChI is InChI=1S/C17H18N2O2/c1-11-8-13(3)14(9-12(11)2)10-18-19-17(21)15-6-4-5-7-16(15)20/h4-10,20H,1-3H3,(H,19,21)/b18-10-. The average molecular weight is 282 g/mol. The smallest absolute Gasteiger partial charge is 0.275 e. The van der Waals surface area contributed by atoms with E-state index in [0.717, 1.165) is 11.1 Å². The number of amides is 1. The average Bonchev–Trinajstić information content (AvgIpc) is 2.44. The zero-order valence-electron chi connectivity index (χ0n) is 12.3. The molecule has 0 aromatic heterocycles. The summed E-state index contributed by atoms with van der Waals surface area (Å²) in [6, 6.07) is 10.5. The molecule has 0 fully saturated rings. The number of carbonyl (C=O) groups excluding carboxylic acids is 1. The van der Waals surface area contributed by atoms with Gasteiger partial charge in [-0.15, -0.1) is 0 Å². The molecule has 0 atom stereocenters. The van der Waals surface area contributed by atoms with Crippen molar-refractivity contribution in [3.8, 4) is 5.75 Å². The molecule has 0 radical (unpaired) electrons. The molecule has 4 nitrogen and oxygen atoms in total. The molecule has 0 aliphatic rings. The van der Waals surface area contributed by atoms with Gasteiger partial charge in [0.1, 0.15) is 5.75 Å². The van der Waals surface area contributed by atoms with E-state index in [-0.39, 0.29) is 11.3 Å². The lowest BCUT2D eigenvalue weighted by atomic mass is 10.0. The number of hydrogen-bond donors (Lipinski definition) is 2. The van der Waals surface area contributed by atoms with Gasteiger partial charge in [0.05, 0.1) is 11.8 Å². The van der Waals surface area contributed by atoms with Crippen LogP contribution in [0.2, 0.25) is 0 Å². The zero-order chi connectivity index (χ0) is 15.4. The van der Waals surface area contributed by atoms with Crippen molar-refractivity contribution >= 4 is 12.1 Å². The minimum absolute atomic E-state index is 0.0624. The number of hydrazone groups is 1. The summed E-state index contributed by atoms with van der Waals surface area (Å²) in [5, 5.41) is 13.6. The SMILES string of the molecule is Cc1cc(C)c(/C=N\NC(=O)c2ccccc2O)cc1C. The van der Waals surface area contributed by atoms with E-state index in [1.54, 1.807) is 24.4 Å². The zero-order valence-corrected chi connectivity index (χ0v) is 12.3. The highest BCUT2D eigenvalue weighted by atomic mass is 16.3. The van der Waals surface area contributed by atoms with Crippen LogP contribution in [-0.2, 0) is 0 Å². The summed E-state index contributed by atoms with van der Waals surface area (Å²) in [5.41, 5.74) is 7.07. The topological polar surface area (TPSA) is 61.7 Å². The Morgan fingerprint density at radius 3 is 2.48 bits per heavy atom. The van der Waals surface area contributed by atoms with E-state index in [2.05, 4.69) is 23.5 Å². The molecule has 2 rings (SSSR count). The van der Waals surface area contributed by atoms with Gasteiger partial charge in [-0.1, -0.05) is 18.2 Å². The first-order valence-electron chi connectivity index (χ1n) is 6.68. The van der Waals surface area contributed by atoms with E-state index in [4.69, 9.17) is 0 Å². The molecule has 1 amide bonds. The van der Waals surface area contributed by atoms with Crippen LogP contribution in [0.3, 0.4) is 0 Å². The molecule has 0 saturated heterocycles. The van der Waals surface area contributed by atoms with Gasteiger partial charge in [-0.3, -0.25) is 4.79 Å². The molecule has 2 aromatic carbocycles. The molecule has 0 aliphatic carbocycles. The highest BCUT2D eigenvalue weighted by Crippen LogP contribution is 2.15. The maximum atomic E-state index is 11.9. The highest BCUT2D eigenvalue weighted by molar-refractivity contribution is 5.97. The number of para-hydroxylation sites is 1. The molecule has 0 unspecified atom stereocenters. The van der Waals surface area contributed by atoms with Crippen molar-refractivity contribution in [2.45, 2.75) is 20.8 Å². The van der Waals surface area contributed by atoms with Crippen molar-refractivity contribution in [3.05, 3.63) is 64.2 Å². The largest absolute Gasteiger partial charge is 0.507 e. The van der Waals surface area contributed by atoms with Gasteiger partial charge in [0.15, 0.2) is 0 Å². The van der Waals surface area contributed by atoms with E-state index in [0.29, 0.717) is 0 Å². The summed E-state index contributed by atoms with van der Waals surface area (Å²) in [6.07, 6.45) is 1.61. The Balaban J connectivity index is 2.11. The predicted octanol–water partition coefficient (Wildman–Crippen LogP) is 3.08. The van der Waals surface area contributed by atoms with Crippen LogP contribution in [0.5, 0.6) is 5.75 Å². The van der Waals surface area contributed by atoms with Crippen molar-refractivity contribution in [2.75, 3.05) is 0 Å². The Morgan fingerprint density at radius 2 is 1.76 bits per heavy atom. The third kappa shape index (κ3) is 3.48. The number of aromatic hydroxyl groups is 1. The quantitative estimate of drug-likeness (QED) is 0.671. The van der Waals surface area contributed by atoms with Gasteiger partial charge in [-0.2, -0.15) is 5.10 Å². The summed E-state index contributed by atoms with van der Waals surface area (Å²) in [5.74, 6) is -0.501. The van der Waals surface area contributed by atoms with Crippen LogP contribution in [0.25, 0.3) is 0 Å². The Labute approximate surface area is 124 Å². The lowest BCUT2D eigenvalue weighted by Crippen LogP contribution is -2.17. The minimum Gasteiger partial charge on any atom is -0.507 e. The van der Waals surface area contributed by atoms with Crippen molar-refractivity contribution in [3.63, 3.8) is 0 Å². The van der Waals surface area contributed by atoms with E-state index < -0.39 is 5.91 Å². The van der Waals surface area contributed by atoms with Gasteiger partial charge >= 0.3 is 0 Å². The molecule has 2 aromatic rings. The summed E-state index contributed by atoms with van der Waals surface area (Å²) < 4.78 is 0. The van der Waals surface area contributed by atoms with Crippen LogP contribution in [0.1, 0.15) is 32.6 Å². The van der Waals surface area contributed by atoms with Crippen LogP contribution in [0.15, 0.2) is 41.5 Å². The molecular formula is C17H18N2O2. The van der Waals surface area contributed by atoms with Gasteiger partial charge < -0.3 is 5.11 Å². The second-order valence-corrected chi connectivity index (χ2v) is 5.01. The van der Waals surface area contributed by atoms with Crippen LogP contribution in [0, 0.1) is 20.8 Å². The van der Waals surface area contributed by atoms with E-state index in [9.17, 15) is 9.90 Å². The van der Waals surface area contributed by atoms with Gasteiger partial charge in [-0.05, 0) is 61.2 Å². The normalized spacial score (nSPS) is 10.8. The Hall–Kier alpha value is -2.62. The lowest BCUT2D eigenvalue weighted by Gasteiger charge is -2.06. The lowest BCUT2D eigenvalue weighted by molar-refractivity contribution is 0.0952. The summed E-state index contributed by atoms with van der Waals surface area (Å²) in [6.45, 7) is 6.09. The fourth-order valence-corrected chi connectivity index (χ4v) is 2.01. The van der Waals surface area contributed by atoms with Crippen LogP contribution in [0.4, 0.5) is 0 Å². The first kappa shape index (κ1) is 14.8. The number of phenolic OH excluding ortho intramolecular Hbond substituents is 1. The highest BCUT2D eigenvalue weighted by Gasteiger charge is 2.08. The Morgan fingerprint density at radius 1 is 1.10 bits per heavy atom. The van der Waals surface area contributed by atoms with Crippen LogP contribution >= 0.6 is 0 Å². The van der Waals surface area contributed by atoms with Gasteiger partial charge in [-0.25, -0.2) is 5.43 Å². The number of nitrogens with one attached hydrogen (secondary N) is 1. The molecule has 2 N–H and O–H groups in total. The van der Waals surface area contributed by atoms with Crippen molar-refractivity contribution < 1.29 is 9.90 Å². The van der Waals surface area contributed by atoms with Crippen LogP contribution in [-0.4, -0.2) is 17.2 Å². The minimum atomic E-state index is -0.439. The van der Waals surface area contributed by atoms with Crippen LogP contribution < -0.4 is 5.43 Å². The van der Waals surface area contributed by atoms with Crippen molar-refractivity contribution in [2.24, 2.45) is 5.10 Å². The van der Waals surface area contributed by atoms with E-state index in [1.807, 2.05) is 19.9 Å². The number of hydrogen-bond acceptors (Lipinski definition) is 3. The molecule has 4 heteroatoms. The number of nitrogens with zero attached hydrogens (tertiary/aromatic N) is 1. The number of carbonyl (C=O) groups is 1. The fourth-order valence-electron chi connectivity index (χ4n) is 2.01. The molecule has 0 saturated carbocycles. The van der Waals surface area contributed by atoms with Crippen molar-refractivity contribution in [1.29, 1.82) is 0 Å². The number of rotatable bonds is 3. The molecular weight excluding hydrogens is 264 g/mol. The molecule has 21 heavy (non-hydrogen) atoms. The van der Waals surface area contributed by atoms with Gasteiger partial charge in [0, 0.05) is 0 Å². The third-order valence-electron chi connectivity index (χ3n) is 3.40. The molecule has 0 aliphatic heterocycles. The summed E-state index contributed by atoms with van der Waals surface area (Å²) >= 11 is 0. The number of aryl methyl sites for hydroxylation is 3. The Kier molecular flexibility index (Phi) is 4.38. The number of phenols is 1. The molecule has 108 valence electrons. The summed E-state index contributed by atoms with van der Waals surface area (Å²) in [7, 11) is 0. The van der Waals surface area contributed by atoms with E-state index >= 15 is 0 Å². The van der Waals surface area contributed by atoms with E-state index in [1.165, 1.54) is 17.2 Å². The fraction of sp³-hybridized carbons (Fsp3) is 0.176. The van der Waals surface area contributed by atoms with Gasteiger partial charge in [0.25, 0.3) is 5.91 Å². The second-order valence-electron chi connectivity index (χ2n) is 5.01. The Bertz CT molecular complexity index is 706. The first-order chi connectivity index (χ1) is 9.99. The number of benzene rings is 2. The third-order valence-corrected chi connectivity index (χ3v) is 3.40. The monoisotopic (exact) mass is 282 g/mol. The summed E-state index contributed by atoms with van der Waals surface area (Å²) in [4.78, 5) is 11.9. The maximum Gasteiger partial charge on any atom is 0.275 e. The predicted molar refractivity (Wildman–Crippen MR) is 83.8 cm³/mol. The second kappa shape index (κ2) is 6.22. The molecule has 0 heterocycles. The van der Waals surface area contributed by atoms with Crippen molar-refractivity contribution in [1.82, 2.24) is 5.43 Å². The van der Waals surface area contributed by atoms with Gasteiger partial charge in [0.2, 0.25) is 0 Å². The maximum absolute atomic E-state index is 11.9. The first-order valence-corrected chi connectivity index (χ1v) is 6.68. The molecule has 0 spiro atoms. The molecule has 0 bridgehead atoms.